The van der Waals surface area contributed by atoms with Crippen LogP contribution in [0.5, 0.6) is 0 Å². The summed E-state index contributed by atoms with van der Waals surface area (Å²) in [7, 11) is 0. The lowest BCUT2D eigenvalue weighted by Gasteiger charge is -2.21. The number of nitrogens with zero attached hydrogens (tertiary/aromatic N) is 2. The van der Waals surface area contributed by atoms with Crippen LogP contribution in [0.25, 0.3) is 33.1 Å². The van der Waals surface area contributed by atoms with E-state index in [2.05, 4.69) is 48.2 Å². The van der Waals surface area contributed by atoms with Crippen LogP contribution in [0.2, 0.25) is 0 Å². The summed E-state index contributed by atoms with van der Waals surface area (Å²) in [5.41, 5.74) is 4.34. The van der Waals surface area contributed by atoms with Crippen LogP contribution < -0.4 is 5.32 Å². The summed E-state index contributed by atoms with van der Waals surface area (Å²) in [5, 5.41) is 5.31. The van der Waals surface area contributed by atoms with Gasteiger partial charge in [0.25, 0.3) is 5.91 Å². The number of hydrogen-bond donors (Lipinski definition) is 2. The van der Waals surface area contributed by atoms with Crippen molar-refractivity contribution in [3.63, 3.8) is 0 Å². The van der Waals surface area contributed by atoms with Gasteiger partial charge in [-0.3, -0.25) is 4.79 Å². The van der Waals surface area contributed by atoms with Gasteiger partial charge in [-0.1, -0.05) is 31.9 Å². The highest BCUT2D eigenvalue weighted by Gasteiger charge is 2.22. The Labute approximate surface area is 191 Å². The SMILES string of the molecule is O=C(c1cc(-c2c[nH]c3ccc(Br)cc23)nc2ccc(Br)cc12)N1CCCNCC1. The Morgan fingerprint density at radius 1 is 0.967 bits per heavy atom. The molecule has 1 aliphatic heterocycles. The number of H-pyrrole nitrogens is 1. The first kappa shape index (κ1) is 19.7. The van der Waals surface area contributed by atoms with Crippen molar-refractivity contribution in [3.05, 3.63) is 63.2 Å². The molecular formula is C23H20Br2N4O. The summed E-state index contributed by atoms with van der Waals surface area (Å²) in [4.78, 5) is 23.7. The van der Waals surface area contributed by atoms with E-state index in [1.807, 2.05) is 47.5 Å². The molecule has 1 fully saturated rings. The third-order valence-corrected chi connectivity index (χ3v) is 6.53. The van der Waals surface area contributed by atoms with Crippen LogP contribution in [0.3, 0.4) is 0 Å². The first-order chi connectivity index (χ1) is 14.6. The topological polar surface area (TPSA) is 61.0 Å². The number of fused-ring (bicyclic) bond motifs is 2. The molecule has 7 heteroatoms. The molecule has 1 saturated heterocycles. The molecule has 0 unspecified atom stereocenters. The van der Waals surface area contributed by atoms with E-state index >= 15 is 0 Å². The summed E-state index contributed by atoms with van der Waals surface area (Å²) in [6.45, 7) is 3.24. The minimum atomic E-state index is 0.0615. The van der Waals surface area contributed by atoms with Crippen molar-refractivity contribution in [3.8, 4) is 11.3 Å². The number of pyridine rings is 1. The molecule has 0 spiro atoms. The number of carbonyl (C=O) groups is 1. The van der Waals surface area contributed by atoms with Crippen LogP contribution in [0.15, 0.2) is 57.6 Å². The van der Waals surface area contributed by atoms with Gasteiger partial charge in [0.2, 0.25) is 0 Å². The highest BCUT2D eigenvalue weighted by atomic mass is 79.9. The van der Waals surface area contributed by atoms with Crippen molar-refractivity contribution in [2.24, 2.45) is 0 Å². The first-order valence-electron chi connectivity index (χ1n) is 9.97. The second kappa shape index (κ2) is 8.13. The Balaban J connectivity index is 1.69. The zero-order valence-electron chi connectivity index (χ0n) is 16.2. The van der Waals surface area contributed by atoms with E-state index in [4.69, 9.17) is 4.98 Å². The molecule has 0 radical (unpaired) electrons. The fraction of sp³-hybridized carbons (Fsp3) is 0.217. The quantitative estimate of drug-likeness (QED) is 0.369. The fourth-order valence-corrected chi connectivity index (χ4v) is 4.76. The van der Waals surface area contributed by atoms with E-state index in [0.29, 0.717) is 12.1 Å². The van der Waals surface area contributed by atoms with Gasteiger partial charge in [-0.05, 0) is 55.4 Å². The summed E-state index contributed by atoms with van der Waals surface area (Å²) in [6.07, 6.45) is 2.93. The molecule has 3 heterocycles. The molecule has 1 amide bonds. The zero-order valence-corrected chi connectivity index (χ0v) is 19.4. The minimum absolute atomic E-state index is 0.0615. The molecule has 2 aromatic carbocycles. The largest absolute Gasteiger partial charge is 0.360 e. The van der Waals surface area contributed by atoms with Crippen molar-refractivity contribution >= 4 is 59.6 Å². The number of aromatic nitrogens is 2. The van der Waals surface area contributed by atoms with Crippen molar-refractivity contribution in [2.45, 2.75) is 6.42 Å². The van der Waals surface area contributed by atoms with Crippen molar-refractivity contribution in [2.75, 3.05) is 26.2 Å². The average molecular weight is 528 g/mol. The monoisotopic (exact) mass is 526 g/mol. The molecule has 5 rings (SSSR count). The highest BCUT2D eigenvalue weighted by molar-refractivity contribution is 9.10. The lowest BCUT2D eigenvalue weighted by molar-refractivity contribution is 0.0768. The van der Waals surface area contributed by atoms with E-state index in [1.54, 1.807) is 0 Å². The van der Waals surface area contributed by atoms with Gasteiger partial charge >= 0.3 is 0 Å². The summed E-state index contributed by atoms with van der Waals surface area (Å²) in [6, 6.07) is 14.0. The number of carbonyl (C=O) groups excluding carboxylic acids is 1. The number of nitrogens with one attached hydrogen (secondary N) is 2. The van der Waals surface area contributed by atoms with E-state index in [1.165, 1.54) is 0 Å². The molecule has 0 saturated carbocycles. The maximum Gasteiger partial charge on any atom is 0.254 e. The number of rotatable bonds is 2. The second-order valence-electron chi connectivity index (χ2n) is 7.50. The molecule has 2 aromatic heterocycles. The standard InChI is InChI=1S/C23H20Br2N4O/c24-14-2-4-20-17(11-14)19(13-27-20)22-12-18(16-10-15(25)3-5-21(16)28-22)23(30)29-8-1-6-26-7-9-29/h2-5,10-13,26-27H,1,6-9H2. The average Bonchev–Trinajstić information content (AvgIpc) is 2.97. The van der Waals surface area contributed by atoms with Crippen LogP contribution in [-0.2, 0) is 0 Å². The molecule has 5 nitrogen and oxygen atoms in total. The highest BCUT2D eigenvalue weighted by Crippen LogP contribution is 2.33. The third-order valence-electron chi connectivity index (χ3n) is 5.55. The Morgan fingerprint density at radius 2 is 1.77 bits per heavy atom. The lowest BCUT2D eigenvalue weighted by Crippen LogP contribution is -2.34. The van der Waals surface area contributed by atoms with Crippen LogP contribution in [0.1, 0.15) is 16.8 Å². The Morgan fingerprint density at radius 3 is 2.63 bits per heavy atom. The smallest absolute Gasteiger partial charge is 0.254 e. The third kappa shape index (κ3) is 3.66. The van der Waals surface area contributed by atoms with Gasteiger partial charge in [0, 0.05) is 56.6 Å². The minimum Gasteiger partial charge on any atom is -0.360 e. The number of amides is 1. The van der Waals surface area contributed by atoms with E-state index in [9.17, 15) is 4.79 Å². The molecule has 0 bridgehead atoms. The van der Waals surface area contributed by atoms with Crippen molar-refractivity contribution in [1.29, 1.82) is 0 Å². The molecular weight excluding hydrogens is 508 g/mol. The second-order valence-corrected chi connectivity index (χ2v) is 9.34. The lowest BCUT2D eigenvalue weighted by atomic mass is 10.0. The molecule has 1 aliphatic rings. The van der Waals surface area contributed by atoms with Crippen LogP contribution in [0, 0.1) is 0 Å². The van der Waals surface area contributed by atoms with Gasteiger partial charge in [0.1, 0.15) is 0 Å². The van der Waals surface area contributed by atoms with Crippen LogP contribution in [-0.4, -0.2) is 47.0 Å². The van der Waals surface area contributed by atoms with Crippen LogP contribution in [0.4, 0.5) is 0 Å². The van der Waals surface area contributed by atoms with Gasteiger partial charge in [0.05, 0.1) is 16.8 Å². The maximum atomic E-state index is 13.6. The van der Waals surface area contributed by atoms with Crippen LogP contribution >= 0.6 is 31.9 Å². The van der Waals surface area contributed by atoms with Gasteiger partial charge in [-0.2, -0.15) is 0 Å². The Kier molecular flexibility index (Phi) is 5.35. The molecule has 152 valence electrons. The number of hydrogen-bond acceptors (Lipinski definition) is 3. The Hall–Kier alpha value is -2.22. The molecule has 4 aromatic rings. The summed E-state index contributed by atoms with van der Waals surface area (Å²) in [5.74, 6) is 0.0615. The van der Waals surface area contributed by atoms with E-state index in [0.717, 1.165) is 68.1 Å². The predicted octanol–water partition coefficient (Wildman–Crippen LogP) is 5.34. The summed E-state index contributed by atoms with van der Waals surface area (Å²) < 4.78 is 1.95. The number of aromatic amines is 1. The summed E-state index contributed by atoms with van der Waals surface area (Å²) >= 11 is 7.11. The molecule has 0 atom stereocenters. The van der Waals surface area contributed by atoms with Gasteiger partial charge in [0.15, 0.2) is 0 Å². The molecule has 30 heavy (non-hydrogen) atoms. The Bertz CT molecular complexity index is 1260. The van der Waals surface area contributed by atoms with E-state index in [-0.39, 0.29) is 5.91 Å². The fourth-order valence-electron chi connectivity index (χ4n) is 4.04. The van der Waals surface area contributed by atoms with Gasteiger partial charge in [-0.25, -0.2) is 4.98 Å². The molecule has 0 aliphatic carbocycles. The van der Waals surface area contributed by atoms with Gasteiger partial charge < -0.3 is 15.2 Å². The normalized spacial score (nSPS) is 14.9. The van der Waals surface area contributed by atoms with Crippen molar-refractivity contribution < 1.29 is 4.79 Å². The number of halogens is 2. The number of benzene rings is 2. The van der Waals surface area contributed by atoms with Crippen molar-refractivity contribution in [1.82, 2.24) is 20.2 Å². The maximum absolute atomic E-state index is 13.6. The zero-order chi connectivity index (χ0) is 20.7. The van der Waals surface area contributed by atoms with Gasteiger partial charge in [-0.15, -0.1) is 0 Å². The predicted molar refractivity (Wildman–Crippen MR) is 128 cm³/mol. The molecule has 2 N–H and O–H groups in total. The first-order valence-corrected chi connectivity index (χ1v) is 11.6. The van der Waals surface area contributed by atoms with E-state index < -0.39 is 0 Å².